The Morgan fingerprint density at radius 3 is 2.76 bits per heavy atom. The first-order valence-corrected chi connectivity index (χ1v) is 8.56. The molecular formula is C17H19ClN4O3. The number of rotatable bonds is 5. The molecule has 1 aliphatic rings. The number of carbonyl (C=O) groups is 2. The number of aromatic nitrogens is 2. The molecule has 7 nitrogen and oxygen atoms in total. The molecule has 132 valence electrons. The summed E-state index contributed by atoms with van der Waals surface area (Å²) in [7, 11) is 0. The molecule has 0 unspecified atom stereocenters. The van der Waals surface area contributed by atoms with E-state index in [9.17, 15) is 9.59 Å². The number of hydrogen-bond acceptors (Lipinski definition) is 5. The molecular weight excluding hydrogens is 344 g/mol. The summed E-state index contributed by atoms with van der Waals surface area (Å²) in [6.45, 7) is 1.12. The third-order valence-corrected chi connectivity index (χ3v) is 4.59. The number of nitrogens with zero attached hydrogens (tertiary/aromatic N) is 3. The van der Waals surface area contributed by atoms with E-state index in [1.165, 1.54) is 0 Å². The topological polar surface area (TPSA) is 102 Å². The lowest BCUT2D eigenvalue weighted by Gasteiger charge is -2.30. The van der Waals surface area contributed by atoms with Crippen LogP contribution >= 0.6 is 11.6 Å². The van der Waals surface area contributed by atoms with Gasteiger partial charge in [-0.1, -0.05) is 28.9 Å². The Kier molecular flexibility index (Phi) is 5.33. The molecule has 0 spiro atoms. The fourth-order valence-electron chi connectivity index (χ4n) is 2.89. The van der Waals surface area contributed by atoms with Crippen LogP contribution in [0.1, 0.15) is 25.2 Å². The summed E-state index contributed by atoms with van der Waals surface area (Å²) in [6, 6.07) is 7.18. The first-order valence-electron chi connectivity index (χ1n) is 8.18. The van der Waals surface area contributed by atoms with E-state index < -0.39 is 0 Å². The minimum Gasteiger partial charge on any atom is -0.369 e. The van der Waals surface area contributed by atoms with E-state index in [-0.39, 0.29) is 17.7 Å². The van der Waals surface area contributed by atoms with Crippen LogP contribution in [0.15, 0.2) is 28.8 Å². The highest BCUT2D eigenvalue weighted by molar-refractivity contribution is 6.30. The van der Waals surface area contributed by atoms with Gasteiger partial charge in [-0.15, -0.1) is 0 Å². The number of nitrogens with two attached hydrogens (primary N) is 1. The molecule has 1 aliphatic heterocycles. The van der Waals surface area contributed by atoms with Crippen LogP contribution in [0.25, 0.3) is 11.4 Å². The predicted molar refractivity (Wildman–Crippen MR) is 91.6 cm³/mol. The number of amides is 2. The van der Waals surface area contributed by atoms with Gasteiger partial charge in [0.15, 0.2) is 0 Å². The molecule has 1 fully saturated rings. The van der Waals surface area contributed by atoms with Gasteiger partial charge in [-0.2, -0.15) is 4.98 Å². The number of piperidine rings is 1. The molecule has 2 N–H and O–H groups in total. The van der Waals surface area contributed by atoms with E-state index >= 15 is 0 Å². The number of carbonyl (C=O) groups excluding carboxylic acids is 2. The molecule has 2 amide bonds. The van der Waals surface area contributed by atoms with Crippen molar-refractivity contribution in [1.82, 2.24) is 15.0 Å². The second-order valence-corrected chi connectivity index (χ2v) is 6.52. The van der Waals surface area contributed by atoms with Crippen LogP contribution in [-0.4, -0.2) is 39.9 Å². The molecule has 8 heteroatoms. The number of benzene rings is 1. The lowest BCUT2D eigenvalue weighted by Crippen LogP contribution is -2.41. The maximum Gasteiger partial charge on any atom is 0.227 e. The number of primary amides is 1. The first kappa shape index (κ1) is 17.4. The van der Waals surface area contributed by atoms with Gasteiger partial charge in [0.05, 0.1) is 0 Å². The molecule has 25 heavy (non-hydrogen) atoms. The van der Waals surface area contributed by atoms with Crippen molar-refractivity contribution < 1.29 is 14.1 Å². The number of hydrogen-bond donors (Lipinski definition) is 1. The first-order chi connectivity index (χ1) is 12.0. The zero-order valence-electron chi connectivity index (χ0n) is 13.7. The molecule has 1 aromatic heterocycles. The fourth-order valence-corrected chi connectivity index (χ4v) is 3.08. The minimum atomic E-state index is -0.286. The zero-order chi connectivity index (χ0) is 17.8. The van der Waals surface area contributed by atoms with Crippen molar-refractivity contribution in [3.63, 3.8) is 0 Å². The summed E-state index contributed by atoms with van der Waals surface area (Å²) in [5.74, 6) is 0.472. The Morgan fingerprint density at radius 2 is 2.08 bits per heavy atom. The molecule has 2 heterocycles. The predicted octanol–water partition coefficient (Wildman–Crippen LogP) is 2.05. The van der Waals surface area contributed by atoms with E-state index in [2.05, 4.69) is 10.1 Å². The molecule has 0 radical (unpaired) electrons. The lowest BCUT2D eigenvalue weighted by molar-refractivity contribution is -0.134. The lowest BCUT2D eigenvalue weighted by atomic mass is 9.96. The Morgan fingerprint density at radius 1 is 1.32 bits per heavy atom. The highest BCUT2D eigenvalue weighted by Crippen LogP contribution is 2.21. The maximum atomic E-state index is 12.3. The Labute approximate surface area is 150 Å². The van der Waals surface area contributed by atoms with Gasteiger partial charge in [-0.25, -0.2) is 0 Å². The molecule has 0 saturated carbocycles. The zero-order valence-corrected chi connectivity index (χ0v) is 14.4. The Hall–Kier alpha value is -2.41. The van der Waals surface area contributed by atoms with Crippen molar-refractivity contribution in [2.75, 3.05) is 13.1 Å². The standard InChI is InChI=1S/C17H19ClN4O3/c18-13-3-1-2-12(10-13)17-20-14(25-21-17)4-5-15(23)22-8-6-11(7-9-22)16(19)24/h1-3,10-11H,4-9H2,(H2,19,24). The third kappa shape index (κ3) is 4.36. The van der Waals surface area contributed by atoms with Gasteiger partial charge < -0.3 is 15.2 Å². The van der Waals surface area contributed by atoms with Crippen LogP contribution in [0.4, 0.5) is 0 Å². The highest BCUT2D eigenvalue weighted by atomic mass is 35.5. The molecule has 2 aromatic rings. The third-order valence-electron chi connectivity index (χ3n) is 4.35. The fraction of sp³-hybridized carbons (Fsp3) is 0.412. The second kappa shape index (κ2) is 7.65. The maximum absolute atomic E-state index is 12.3. The van der Waals surface area contributed by atoms with Crippen LogP contribution < -0.4 is 5.73 Å². The summed E-state index contributed by atoms with van der Waals surface area (Å²) in [5, 5.41) is 4.52. The normalized spacial score (nSPS) is 15.3. The summed E-state index contributed by atoms with van der Waals surface area (Å²) in [6.07, 6.45) is 1.92. The Bertz CT molecular complexity index is 769. The van der Waals surface area contributed by atoms with Crippen LogP contribution in [0.5, 0.6) is 0 Å². The summed E-state index contributed by atoms with van der Waals surface area (Å²) in [4.78, 5) is 29.5. The molecule has 0 aliphatic carbocycles. The van der Waals surface area contributed by atoms with Crippen LogP contribution in [-0.2, 0) is 16.0 Å². The van der Waals surface area contributed by atoms with Gasteiger partial charge >= 0.3 is 0 Å². The number of halogens is 1. The quantitative estimate of drug-likeness (QED) is 0.876. The smallest absolute Gasteiger partial charge is 0.227 e. The van der Waals surface area contributed by atoms with E-state index in [1.54, 1.807) is 17.0 Å². The molecule has 3 rings (SSSR count). The number of aryl methyl sites for hydroxylation is 1. The summed E-state index contributed by atoms with van der Waals surface area (Å²) in [5.41, 5.74) is 6.07. The summed E-state index contributed by atoms with van der Waals surface area (Å²) >= 11 is 5.95. The van der Waals surface area contributed by atoms with Crippen LogP contribution in [0.3, 0.4) is 0 Å². The van der Waals surface area contributed by atoms with Crippen LogP contribution in [0, 0.1) is 5.92 Å². The van der Waals surface area contributed by atoms with Crippen molar-refractivity contribution in [2.45, 2.75) is 25.7 Å². The van der Waals surface area contributed by atoms with Gasteiger partial charge in [0, 0.05) is 42.4 Å². The largest absolute Gasteiger partial charge is 0.369 e. The van der Waals surface area contributed by atoms with Gasteiger partial charge in [0.25, 0.3) is 0 Å². The number of likely N-dealkylation sites (tertiary alicyclic amines) is 1. The monoisotopic (exact) mass is 362 g/mol. The van der Waals surface area contributed by atoms with Crippen molar-refractivity contribution in [3.8, 4) is 11.4 Å². The Balaban J connectivity index is 1.52. The molecule has 1 aromatic carbocycles. The summed E-state index contributed by atoms with van der Waals surface area (Å²) < 4.78 is 5.21. The van der Waals surface area contributed by atoms with Gasteiger partial charge in [-0.05, 0) is 25.0 Å². The van der Waals surface area contributed by atoms with Crippen LogP contribution in [0.2, 0.25) is 5.02 Å². The van der Waals surface area contributed by atoms with Crippen molar-refractivity contribution >= 4 is 23.4 Å². The van der Waals surface area contributed by atoms with Gasteiger partial charge in [-0.3, -0.25) is 9.59 Å². The second-order valence-electron chi connectivity index (χ2n) is 6.08. The van der Waals surface area contributed by atoms with E-state index in [4.69, 9.17) is 21.9 Å². The van der Waals surface area contributed by atoms with E-state index in [0.29, 0.717) is 55.5 Å². The van der Waals surface area contributed by atoms with Crippen molar-refractivity contribution in [3.05, 3.63) is 35.2 Å². The highest BCUT2D eigenvalue weighted by Gasteiger charge is 2.25. The van der Waals surface area contributed by atoms with Crippen molar-refractivity contribution in [1.29, 1.82) is 0 Å². The SMILES string of the molecule is NC(=O)C1CCN(C(=O)CCc2nc(-c3cccc(Cl)c3)no2)CC1. The van der Waals surface area contributed by atoms with Gasteiger partial charge in [0.2, 0.25) is 23.5 Å². The van der Waals surface area contributed by atoms with Gasteiger partial charge in [0.1, 0.15) is 0 Å². The average Bonchev–Trinajstić information content (AvgIpc) is 3.09. The molecule has 0 bridgehead atoms. The van der Waals surface area contributed by atoms with Crippen molar-refractivity contribution in [2.24, 2.45) is 11.7 Å². The average molecular weight is 363 g/mol. The molecule has 1 saturated heterocycles. The molecule has 0 atom stereocenters. The van der Waals surface area contributed by atoms with E-state index in [1.807, 2.05) is 12.1 Å². The van der Waals surface area contributed by atoms with E-state index in [0.717, 1.165) is 5.56 Å². The minimum absolute atomic E-state index is 0.0189.